The van der Waals surface area contributed by atoms with Crippen LogP contribution in [0.25, 0.3) is 6.08 Å². The van der Waals surface area contributed by atoms with Crippen molar-refractivity contribution >= 4 is 12.0 Å². The Labute approximate surface area is 196 Å². The molecule has 0 spiro atoms. The van der Waals surface area contributed by atoms with Crippen molar-refractivity contribution in [2.24, 2.45) is 28.6 Å². The number of likely N-dealkylation sites (N-methyl/N-ethyl adjacent to an activating group) is 1. The minimum absolute atomic E-state index is 0.0399. The molecule has 6 atom stereocenters. The summed E-state index contributed by atoms with van der Waals surface area (Å²) in [6.45, 7) is 5.16. The fourth-order valence-electron chi connectivity index (χ4n) is 8.29. The lowest BCUT2D eigenvalue weighted by atomic mass is 9.47. The van der Waals surface area contributed by atoms with Crippen LogP contribution in [0.1, 0.15) is 57.9 Å². The second-order valence-corrected chi connectivity index (χ2v) is 11.4. The Hall–Kier alpha value is -2.43. The van der Waals surface area contributed by atoms with Crippen LogP contribution >= 0.6 is 0 Å². The maximum atomic E-state index is 12.8. The molecule has 3 aliphatic carbocycles. The lowest BCUT2D eigenvalue weighted by Gasteiger charge is -2.60. The minimum atomic E-state index is -0.0399. The van der Waals surface area contributed by atoms with Crippen LogP contribution in [0.5, 0.6) is 17.2 Å². The average molecular weight is 450 g/mol. The van der Waals surface area contributed by atoms with E-state index in [4.69, 9.17) is 14.2 Å². The third kappa shape index (κ3) is 3.00. The Morgan fingerprint density at radius 2 is 2.00 bits per heavy atom. The van der Waals surface area contributed by atoms with Gasteiger partial charge in [0.05, 0.1) is 13.2 Å². The van der Waals surface area contributed by atoms with Crippen molar-refractivity contribution in [3.8, 4) is 17.2 Å². The number of amides is 1. The predicted octanol–water partition coefficient (Wildman–Crippen LogP) is 5.45. The zero-order valence-corrected chi connectivity index (χ0v) is 20.2. The Morgan fingerprint density at radius 3 is 2.82 bits per heavy atom. The second kappa shape index (κ2) is 7.28. The first-order valence-electron chi connectivity index (χ1n) is 12.5. The van der Waals surface area contributed by atoms with Crippen LogP contribution in [0.3, 0.4) is 0 Å². The van der Waals surface area contributed by atoms with Gasteiger partial charge < -0.3 is 19.1 Å². The molecule has 3 saturated carbocycles. The van der Waals surface area contributed by atoms with Crippen molar-refractivity contribution in [2.45, 2.75) is 58.4 Å². The number of rotatable bonds is 2. The van der Waals surface area contributed by atoms with E-state index in [1.54, 1.807) is 7.11 Å². The van der Waals surface area contributed by atoms with Crippen molar-refractivity contribution in [1.82, 2.24) is 4.90 Å². The molecule has 0 aromatic heterocycles. The monoisotopic (exact) mass is 449 g/mol. The van der Waals surface area contributed by atoms with Gasteiger partial charge in [-0.05, 0) is 84.6 Å². The smallest absolute Gasteiger partial charge is 0.246 e. The van der Waals surface area contributed by atoms with Crippen LogP contribution < -0.4 is 14.2 Å². The molecule has 33 heavy (non-hydrogen) atoms. The van der Waals surface area contributed by atoms with Gasteiger partial charge in [-0.15, -0.1) is 0 Å². The van der Waals surface area contributed by atoms with E-state index in [9.17, 15) is 4.79 Å². The van der Waals surface area contributed by atoms with Gasteiger partial charge in [0.2, 0.25) is 18.4 Å². The number of fused-ring (bicyclic) bond motifs is 6. The molecule has 1 aromatic carbocycles. The highest BCUT2D eigenvalue weighted by Gasteiger charge is 2.59. The largest absolute Gasteiger partial charge is 0.493 e. The van der Waals surface area contributed by atoms with Crippen LogP contribution in [0.2, 0.25) is 0 Å². The van der Waals surface area contributed by atoms with Crippen molar-refractivity contribution in [1.29, 1.82) is 0 Å². The molecule has 0 bridgehead atoms. The van der Waals surface area contributed by atoms with Crippen LogP contribution in [-0.2, 0) is 4.79 Å². The average Bonchev–Trinajstić information content (AvgIpc) is 3.42. The van der Waals surface area contributed by atoms with Gasteiger partial charge in [-0.3, -0.25) is 4.79 Å². The summed E-state index contributed by atoms with van der Waals surface area (Å²) in [5.41, 5.74) is 2.85. The van der Waals surface area contributed by atoms with E-state index in [1.807, 2.05) is 30.2 Å². The van der Waals surface area contributed by atoms with Gasteiger partial charge in [0.15, 0.2) is 11.5 Å². The molecule has 0 N–H and O–H groups in total. The standard InChI is InChI=1S/C28H35NO4/c1-27-9-5-6-20(27)19-15-18(12-17-13-22(31-4)25-23(14-17)32-16-33-25)26-28(2,21(19)7-10-27)11-8-24(30)29(26)3/h8,11-14,19-21,26H,5-7,9-10,15-16H2,1-4H3/t19-,20-,21-,26+,27-,28+/m0/s1. The third-order valence-corrected chi connectivity index (χ3v) is 9.78. The molecule has 2 heterocycles. The van der Waals surface area contributed by atoms with Gasteiger partial charge in [0, 0.05) is 12.5 Å². The van der Waals surface area contributed by atoms with E-state index in [1.165, 1.54) is 37.7 Å². The van der Waals surface area contributed by atoms with Crippen molar-refractivity contribution in [3.05, 3.63) is 35.4 Å². The molecule has 176 valence electrons. The SMILES string of the molecule is COc1cc(C=C2C[C@H]3[C@@H]4CCC[C@@]4(C)CC[C@@H]3[C@@]3(C)C=CC(=O)N(C)[C@H]23)cc2c1OCO2. The normalized spacial score (nSPS) is 39.9. The third-order valence-electron chi connectivity index (χ3n) is 9.78. The molecule has 1 aromatic rings. The van der Waals surface area contributed by atoms with Crippen molar-refractivity contribution in [2.75, 3.05) is 21.0 Å². The van der Waals surface area contributed by atoms with E-state index in [-0.39, 0.29) is 24.2 Å². The predicted molar refractivity (Wildman–Crippen MR) is 127 cm³/mol. The number of carbonyl (C=O) groups is 1. The molecule has 0 saturated heterocycles. The molecule has 2 aliphatic heterocycles. The number of hydrogen-bond donors (Lipinski definition) is 0. The zero-order chi connectivity index (χ0) is 23.0. The van der Waals surface area contributed by atoms with Gasteiger partial charge in [-0.2, -0.15) is 0 Å². The molecule has 5 nitrogen and oxygen atoms in total. The summed E-state index contributed by atoms with van der Waals surface area (Å²) in [7, 11) is 3.64. The van der Waals surface area contributed by atoms with E-state index in [0.717, 1.165) is 23.7 Å². The summed E-state index contributed by atoms with van der Waals surface area (Å²) in [6, 6.07) is 4.16. The highest BCUT2D eigenvalue weighted by Crippen LogP contribution is 2.65. The Kier molecular flexibility index (Phi) is 4.66. The zero-order valence-electron chi connectivity index (χ0n) is 20.2. The molecular formula is C28H35NO4. The highest BCUT2D eigenvalue weighted by atomic mass is 16.7. The van der Waals surface area contributed by atoms with E-state index < -0.39 is 0 Å². The lowest BCUT2D eigenvalue weighted by molar-refractivity contribution is -0.133. The number of carbonyl (C=O) groups excluding carboxylic acids is 1. The first kappa shape index (κ1) is 21.1. The molecule has 6 rings (SSSR count). The Bertz CT molecular complexity index is 1060. The number of benzene rings is 1. The summed E-state index contributed by atoms with van der Waals surface area (Å²) >= 11 is 0. The van der Waals surface area contributed by atoms with Crippen LogP contribution in [0.4, 0.5) is 0 Å². The Morgan fingerprint density at radius 1 is 1.15 bits per heavy atom. The Balaban J connectivity index is 1.47. The molecule has 5 heteroatoms. The van der Waals surface area contributed by atoms with Crippen molar-refractivity contribution in [3.63, 3.8) is 0 Å². The van der Waals surface area contributed by atoms with Gasteiger partial charge in [0.1, 0.15) is 0 Å². The van der Waals surface area contributed by atoms with Crippen LogP contribution in [0.15, 0.2) is 29.9 Å². The van der Waals surface area contributed by atoms with Crippen LogP contribution in [-0.4, -0.2) is 37.8 Å². The van der Waals surface area contributed by atoms with Crippen LogP contribution in [0, 0.1) is 28.6 Å². The maximum Gasteiger partial charge on any atom is 0.246 e. The van der Waals surface area contributed by atoms with E-state index in [2.05, 4.69) is 26.0 Å². The van der Waals surface area contributed by atoms with Gasteiger partial charge in [-0.1, -0.05) is 32.4 Å². The molecule has 3 fully saturated rings. The maximum absolute atomic E-state index is 12.8. The quantitative estimate of drug-likeness (QED) is 0.603. The highest BCUT2D eigenvalue weighted by molar-refractivity contribution is 5.89. The first-order chi connectivity index (χ1) is 15.8. The molecule has 5 aliphatic rings. The molecular weight excluding hydrogens is 414 g/mol. The minimum Gasteiger partial charge on any atom is -0.493 e. The van der Waals surface area contributed by atoms with Gasteiger partial charge in [0.25, 0.3) is 0 Å². The molecule has 0 radical (unpaired) electrons. The number of hydrogen-bond acceptors (Lipinski definition) is 4. The molecule has 1 amide bonds. The lowest BCUT2D eigenvalue weighted by Crippen LogP contribution is -2.60. The van der Waals surface area contributed by atoms with Crippen molar-refractivity contribution < 1.29 is 19.0 Å². The first-order valence-corrected chi connectivity index (χ1v) is 12.5. The summed E-state index contributed by atoms with van der Waals surface area (Å²) in [4.78, 5) is 14.8. The molecule has 0 unspecified atom stereocenters. The summed E-state index contributed by atoms with van der Waals surface area (Å²) in [5, 5.41) is 0. The fraction of sp³-hybridized carbons (Fsp3) is 0.607. The summed E-state index contributed by atoms with van der Waals surface area (Å²) < 4.78 is 16.9. The van der Waals surface area contributed by atoms with E-state index >= 15 is 0 Å². The summed E-state index contributed by atoms with van der Waals surface area (Å²) in [6.07, 6.45) is 14.1. The summed E-state index contributed by atoms with van der Waals surface area (Å²) in [5.74, 6) is 4.27. The number of ether oxygens (including phenoxy) is 3. The number of methoxy groups -OCH3 is 1. The topological polar surface area (TPSA) is 48.0 Å². The van der Waals surface area contributed by atoms with Gasteiger partial charge in [-0.25, -0.2) is 0 Å². The second-order valence-electron chi connectivity index (χ2n) is 11.4. The fourth-order valence-corrected chi connectivity index (χ4v) is 8.29. The van der Waals surface area contributed by atoms with Gasteiger partial charge >= 0.3 is 0 Å². The number of nitrogens with zero attached hydrogens (tertiary/aromatic N) is 1. The van der Waals surface area contributed by atoms with E-state index in [0.29, 0.717) is 28.7 Å².